The third-order valence-corrected chi connectivity index (χ3v) is 3.90. The van der Waals surface area contributed by atoms with E-state index in [0.717, 1.165) is 0 Å². The first-order valence-electron chi connectivity index (χ1n) is 3.32. The average Bonchev–Trinajstić information content (AvgIpc) is 2.11. The van der Waals surface area contributed by atoms with E-state index in [2.05, 4.69) is 7.05 Å². The minimum absolute atomic E-state index is 0.00412. The van der Waals surface area contributed by atoms with Crippen LogP contribution in [0.15, 0.2) is 17.0 Å². The van der Waals surface area contributed by atoms with Gasteiger partial charge in [-0.2, -0.15) is 0 Å². The van der Waals surface area contributed by atoms with Gasteiger partial charge in [0.2, 0.25) is 10.0 Å². The normalized spacial score (nSPS) is 11.7. The average molecular weight is 274 g/mol. The van der Waals surface area contributed by atoms with Crippen molar-refractivity contribution in [3.63, 3.8) is 0 Å². The third kappa shape index (κ3) is 2.32. The van der Waals surface area contributed by atoms with Gasteiger partial charge >= 0.3 is 0 Å². The second-order valence-electron chi connectivity index (χ2n) is 2.34. The van der Waals surface area contributed by atoms with Crippen molar-refractivity contribution in [2.45, 2.75) is 4.90 Å². The Morgan fingerprint density at radius 3 is 2.07 bits per heavy atom. The molecule has 0 bridgehead atoms. The van der Waals surface area contributed by atoms with E-state index in [9.17, 15) is 8.42 Å². The van der Waals surface area contributed by atoms with Crippen LogP contribution in [-0.2, 0) is 10.0 Å². The minimum Gasteiger partial charge on any atom is -0.210 e. The second-order valence-corrected chi connectivity index (χ2v) is 5.30. The van der Waals surface area contributed by atoms with E-state index < -0.39 is 10.0 Å². The van der Waals surface area contributed by atoms with Crippen molar-refractivity contribution in [3.8, 4) is 0 Å². The summed E-state index contributed by atoms with van der Waals surface area (Å²) in [6.45, 7) is 0. The van der Waals surface area contributed by atoms with Crippen LogP contribution in [0.2, 0.25) is 15.1 Å². The van der Waals surface area contributed by atoms with Crippen LogP contribution in [0, 0.1) is 7.05 Å². The van der Waals surface area contributed by atoms with Gasteiger partial charge in [0.1, 0.15) is 4.90 Å². The molecule has 0 aromatic heterocycles. The highest BCUT2D eigenvalue weighted by Crippen LogP contribution is 2.31. The Morgan fingerprint density at radius 2 is 1.57 bits per heavy atom. The van der Waals surface area contributed by atoms with E-state index in [1.807, 2.05) is 4.72 Å². The fraction of sp³-hybridized carbons (Fsp3) is 0. The number of halogens is 3. The van der Waals surface area contributed by atoms with Crippen molar-refractivity contribution in [1.82, 2.24) is 4.72 Å². The van der Waals surface area contributed by atoms with Crippen molar-refractivity contribution in [3.05, 3.63) is 34.2 Å². The number of sulfonamides is 1. The lowest BCUT2D eigenvalue weighted by Crippen LogP contribution is -2.16. The SMILES string of the molecule is [CH2]NS(=O)(=O)c1cc(Cl)c(Cl)cc1Cl. The summed E-state index contributed by atoms with van der Waals surface area (Å²) in [6.07, 6.45) is 0. The van der Waals surface area contributed by atoms with Crippen molar-refractivity contribution < 1.29 is 8.42 Å². The number of nitrogens with one attached hydrogen (secondary N) is 1. The van der Waals surface area contributed by atoms with Gasteiger partial charge < -0.3 is 0 Å². The summed E-state index contributed by atoms with van der Waals surface area (Å²) in [7, 11) is -0.650. The number of hydrogen-bond acceptors (Lipinski definition) is 2. The fourth-order valence-corrected chi connectivity index (χ4v) is 2.45. The highest BCUT2D eigenvalue weighted by molar-refractivity contribution is 7.89. The summed E-state index contributed by atoms with van der Waals surface area (Å²) in [5.74, 6) is 0. The lowest BCUT2D eigenvalue weighted by atomic mass is 10.4. The quantitative estimate of drug-likeness (QED) is 0.842. The maximum Gasteiger partial charge on any atom is 0.242 e. The molecule has 0 saturated carbocycles. The Kier molecular flexibility index (Phi) is 3.66. The van der Waals surface area contributed by atoms with Crippen LogP contribution in [0.25, 0.3) is 0 Å². The summed E-state index contributed by atoms with van der Waals surface area (Å²) < 4.78 is 24.5. The zero-order chi connectivity index (χ0) is 10.9. The molecule has 0 aliphatic carbocycles. The van der Waals surface area contributed by atoms with E-state index in [0.29, 0.717) is 0 Å². The van der Waals surface area contributed by atoms with Gasteiger partial charge in [-0.25, -0.2) is 13.1 Å². The molecule has 3 nitrogen and oxygen atoms in total. The second kappa shape index (κ2) is 4.24. The van der Waals surface area contributed by atoms with E-state index in [1.165, 1.54) is 12.1 Å². The Labute approximate surface area is 97.0 Å². The van der Waals surface area contributed by atoms with Gasteiger partial charge in [0.05, 0.1) is 15.1 Å². The molecule has 0 unspecified atom stereocenters. The molecule has 1 rings (SSSR count). The Morgan fingerprint density at radius 1 is 1.07 bits per heavy atom. The van der Waals surface area contributed by atoms with Crippen LogP contribution in [-0.4, -0.2) is 8.42 Å². The molecule has 0 aliphatic heterocycles. The number of hydrogen-bond donors (Lipinski definition) is 1. The number of benzene rings is 1. The minimum atomic E-state index is -3.70. The topological polar surface area (TPSA) is 46.2 Å². The summed E-state index contributed by atoms with van der Waals surface area (Å²) in [5.41, 5.74) is 0. The first kappa shape index (κ1) is 12.1. The largest absolute Gasteiger partial charge is 0.242 e. The van der Waals surface area contributed by atoms with Crippen LogP contribution in [0.1, 0.15) is 0 Å². The summed E-state index contributed by atoms with van der Waals surface area (Å²) >= 11 is 17.0. The van der Waals surface area contributed by atoms with Crippen LogP contribution < -0.4 is 4.72 Å². The monoisotopic (exact) mass is 272 g/mol. The first-order valence-corrected chi connectivity index (χ1v) is 5.93. The standard InChI is InChI=1S/C7H5Cl3NO2S/c1-11-14(12,13)7-3-5(9)4(8)2-6(7)10/h2-3,11H,1H2. The molecule has 14 heavy (non-hydrogen) atoms. The van der Waals surface area contributed by atoms with Gasteiger partial charge in [-0.15, -0.1) is 0 Å². The molecule has 7 heteroatoms. The van der Waals surface area contributed by atoms with Crippen molar-refractivity contribution in [2.75, 3.05) is 0 Å². The first-order chi connectivity index (χ1) is 6.38. The van der Waals surface area contributed by atoms with E-state index in [1.54, 1.807) is 0 Å². The molecule has 1 aromatic carbocycles. The predicted molar refractivity (Wildman–Crippen MR) is 57.2 cm³/mol. The smallest absolute Gasteiger partial charge is 0.210 e. The third-order valence-electron chi connectivity index (χ3n) is 1.45. The van der Waals surface area contributed by atoms with Crippen molar-refractivity contribution in [1.29, 1.82) is 0 Å². The molecule has 0 saturated heterocycles. The predicted octanol–water partition coefficient (Wildman–Crippen LogP) is 2.72. The highest BCUT2D eigenvalue weighted by Gasteiger charge is 2.17. The Bertz CT molecular complexity index is 458. The summed E-state index contributed by atoms with van der Waals surface area (Å²) in [6, 6.07) is 2.43. The lowest BCUT2D eigenvalue weighted by molar-refractivity contribution is 0.590. The fourth-order valence-electron chi connectivity index (χ4n) is 0.788. The van der Waals surface area contributed by atoms with Crippen LogP contribution >= 0.6 is 34.8 Å². The van der Waals surface area contributed by atoms with E-state index in [4.69, 9.17) is 34.8 Å². The lowest BCUT2D eigenvalue weighted by Gasteiger charge is -2.06. The Hall–Kier alpha value is -0.000000000000000111. The van der Waals surface area contributed by atoms with Gasteiger partial charge in [0.15, 0.2) is 0 Å². The molecular formula is C7H5Cl3NO2S. The molecule has 0 amide bonds. The van der Waals surface area contributed by atoms with E-state index in [-0.39, 0.29) is 20.0 Å². The van der Waals surface area contributed by atoms with E-state index >= 15 is 0 Å². The maximum absolute atomic E-state index is 11.3. The van der Waals surface area contributed by atoms with Crippen molar-refractivity contribution in [2.24, 2.45) is 0 Å². The molecule has 1 radical (unpaired) electrons. The summed E-state index contributed by atoms with van der Waals surface area (Å²) in [4.78, 5) is -0.149. The van der Waals surface area contributed by atoms with Crippen LogP contribution in [0.4, 0.5) is 0 Å². The molecule has 0 heterocycles. The van der Waals surface area contributed by atoms with Gasteiger partial charge in [0, 0.05) is 7.05 Å². The summed E-state index contributed by atoms with van der Waals surface area (Å²) in [5, 5.41) is 0.306. The van der Waals surface area contributed by atoms with Crippen LogP contribution in [0.3, 0.4) is 0 Å². The van der Waals surface area contributed by atoms with Gasteiger partial charge in [-0.05, 0) is 12.1 Å². The molecule has 0 fully saturated rings. The maximum atomic E-state index is 11.3. The highest BCUT2D eigenvalue weighted by atomic mass is 35.5. The molecule has 0 atom stereocenters. The molecule has 1 aromatic rings. The Balaban J connectivity index is 3.45. The van der Waals surface area contributed by atoms with Gasteiger partial charge in [-0.1, -0.05) is 34.8 Å². The molecule has 0 aliphatic rings. The molecule has 1 N–H and O–H groups in total. The molecule has 0 spiro atoms. The zero-order valence-electron chi connectivity index (χ0n) is 6.72. The molecule has 77 valence electrons. The van der Waals surface area contributed by atoms with Gasteiger partial charge in [-0.3, -0.25) is 0 Å². The van der Waals surface area contributed by atoms with Crippen LogP contribution in [0.5, 0.6) is 0 Å². The van der Waals surface area contributed by atoms with Crippen molar-refractivity contribution >= 4 is 44.8 Å². The number of rotatable bonds is 2. The van der Waals surface area contributed by atoms with Gasteiger partial charge in [0.25, 0.3) is 0 Å². The molecular weight excluding hydrogens is 269 g/mol. The zero-order valence-corrected chi connectivity index (χ0v) is 9.80.